The van der Waals surface area contributed by atoms with E-state index in [0.717, 1.165) is 22.7 Å². The molecule has 4 rings (SSSR count). The Morgan fingerprint density at radius 2 is 1.75 bits per heavy atom. The number of hydrogen-bond donors (Lipinski definition) is 1. The quantitative estimate of drug-likeness (QED) is 0.529. The number of rotatable bonds is 9. The molecule has 1 aliphatic heterocycles. The first-order chi connectivity index (χ1) is 15.6. The number of aromatic nitrogens is 1. The Bertz CT molecular complexity index is 1080. The highest BCUT2D eigenvalue weighted by Gasteiger charge is 2.38. The van der Waals surface area contributed by atoms with E-state index < -0.39 is 6.17 Å². The summed E-state index contributed by atoms with van der Waals surface area (Å²) in [5, 5.41) is 3.49. The van der Waals surface area contributed by atoms with E-state index in [2.05, 4.69) is 10.3 Å². The summed E-state index contributed by atoms with van der Waals surface area (Å²) in [7, 11) is 1.63. The van der Waals surface area contributed by atoms with E-state index >= 15 is 0 Å². The summed E-state index contributed by atoms with van der Waals surface area (Å²) >= 11 is 0. The zero-order chi connectivity index (χ0) is 22.5. The van der Waals surface area contributed by atoms with Gasteiger partial charge in [-0.15, -0.1) is 0 Å². The van der Waals surface area contributed by atoms with Gasteiger partial charge in [0.15, 0.2) is 0 Å². The minimum atomic E-state index is -0.447. The number of anilines is 1. The zero-order valence-electron chi connectivity index (χ0n) is 18.5. The Morgan fingerprint density at radius 1 is 1.00 bits per heavy atom. The number of ether oxygens (including phenoxy) is 3. The molecular weight excluding hydrogens is 406 g/mol. The number of pyridine rings is 1. The number of hydrogen-bond acceptors (Lipinski definition) is 6. The number of fused-ring (bicyclic) bond motifs is 1. The lowest BCUT2D eigenvalue weighted by molar-refractivity contribution is 0.0727. The Kier molecular flexibility index (Phi) is 6.44. The summed E-state index contributed by atoms with van der Waals surface area (Å²) < 4.78 is 16.7. The van der Waals surface area contributed by atoms with Crippen molar-refractivity contribution >= 4 is 11.6 Å². The zero-order valence-corrected chi connectivity index (χ0v) is 18.5. The van der Waals surface area contributed by atoms with Crippen LogP contribution in [0.25, 0.3) is 0 Å². The van der Waals surface area contributed by atoms with Gasteiger partial charge in [0.05, 0.1) is 37.3 Å². The van der Waals surface area contributed by atoms with Crippen LogP contribution in [0.5, 0.6) is 17.2 Å². The molecule has 0 saturated heterocycles. The molecule has 7 nitrogen and oxygen atoms in total. The van der Waals surface area contributed by atoms with E-state index in [1.165, 1.54) is 0 Å². The molecule has 0 spiro atoms. The molecule has 3 aromatic rings. The summed E-state index contributed by atoms with van der Waals surface area (Å²) in [6, 6.07) is 16.9. The molecule has 1 N–H and O–H groups in total. The third-order valence-corrected chi connectivity index (χ3v) is 5.27. The fourth-order valence-corrected chi connectivity index (χ4v) is 3.78. The average molecular weight is 434 g/mol. The fourth-order valence-electron chi connectivity index (χ4n) is 3.78. The smallest absolute Gasteiger partial charge is 0.258 e. The second-order valence-electron chi connectivity index (χ2n) is 7.29. The molecule has 7 heteroatoms. The van der Waals surface area contributed by atoms with Crippen LogP contribution in [-0.2, 0) is 6.54 Å². The first kappa shape index (κ1) is 21.5. The van der Waals surface area contributed by atoms with E-state index in [1.807, 2.05) is 62.4 Å². The molecule has 166 valence electrons. The molecule has 1 aromatic heterocycles. The number of benzene rings is 2. The summed E-state index contributed by atoms with van der Waals surface area (Å²) in [4.78, 5) is 19.6. The van der Waals surface area contributed by atoms with E-state index in [1.54, 1.807) is 24.3 Å². The van der Waals surface area contributed by atoms with Gasteiger partial charge in [0, 0.05) is 18.8 Å². The monoisotopic (exact) mass is 433 g/mol. The fraction of sp³-hybridized carbons (Fsp3) is 0.280. The molecule has 0 bridgehead atoms. The predicted octanol–water partition coefficient (Wildman–Crippen LogP) is 4.65. The Morgan fingerprint density at radius 3 is 2.47 bits per heavy atom. The molecule has 1 unspecified atom stereocenters. The summed E-state index contributed by atoms with van der Waals surface area (Å²) in [6.45, 7) is 5.38. The van der Waals surface area contributed by atoms with Crippen molar-refractivity contribution in [2.24, 2.45) is 0 Å². The highest BCUT2D eigenvalue weighted by atomic mass is 16.5. The van der Waals surface area contributed by atoms with E-state index in [9.17, 15) is 4.79 Å². The molecule has 0 aliphatic carbocycles. The number of carbonyl (C=O) groups excluding carboxylic acids is 1. The van der Waals surface area contributed by atoms with E-state index in [4.69, 9.17) is 14.2 Å². The average Bonchev–Trinajstić information content (AvgIpc) is 3.07. The number of amides is 1. The predicted molar refractivity (Wildman–Crippen MR) is 122 cm³/mol. The third-order valence-electron chi connectivity index (χ3n) is 5.27. The number of methoxy groups -OCH3 is 1. The molecule has 2 aromatic carbocycles. The van der Waals surface area contributed by atoms with Gasteiger partial charge in [0.2, 0.25) is 0 Å². The lowest BCUT2D eigenvalue weighted by atomic mass is 10.2. The van der Waals surface area contributed by atoms with Gasteiger partial charge in [0.25, 0.3) is 5.91 Å². The Balaban J connectivity index is 1.69. The maximum absolute atomic E-state index is 13.3. The van der Waals surface area contributed by atoms with Gasteiger partial charge in [0.1, 0.15) is 23.4 Å². The van der Waals surface area contributed by atoms with Crippen LogP contribution in [-0.4, -0.2) is 36.1 Å². The second kappa shape index (κ2) is 9.60. The SMILES string of the molecule is CCOc1ccc(OCC)c(NC2c3ncccc3C(=O)N2Cc2ccc(OC)cc2)c1. The molecule has 1 atom stereocenters. The van der Waals surface area contributed by atoms with Gasteiger partial charge in [-0.05, 0) is 55.8 Å². The Labute approximate surface area is 187 Å². The lowest BCUT2D eigenvalue weighted by Crippen LogP contribution is -2.32. The van der Waals surface area contributed by atoms with Crippen molar-refractivity contribution in [2.75, 3.05) is 25.6 Å². The minimum Gasteiger partial charge on any atom is -0.497 e. The van der Waals surface area contributed by atoms with E-state index in [-0.39, 0.29) is 5.91 Å². The normalized spacial score (nSPS) is 14.8. The number of nitrogens with zero attached hydrogens (tertiary/aromatic N) is 2. The lowest BCUT2D eigenvalue weighted by Gasteiger charge is -2.27. The first-order valence-electron chi connectivity index (χ1n) is 10.7. The summed E-state index contributed by atoms with van der Waals surface area (Å²) in [5.41, 5.74) is 3.02. The van der Waals surface area contributed by atoms with Crippen LogP contribution < -0.4 is 19.5 Å². The maximum atomic E-state index is 13.3. The van der Waals surface area contributed by atoms with Crippen LogP contribution in [0.2, 0.25) is 0 Å². The van der Waals surface area contributed by atoms with Crippen molar-refractivity contribution in [3.63, 3.8) is 0 Å². The topological polar surface area (TPSA) is 72.9 Å². The van der Waals surface area contributed by atoms with Crippen LogP contribution in [0.4, 0.5) is 5.69 Å². The van der Waals surface area contributed by atoms with Crippen molar-refractivity contribution < 1.29 is 19.0 Å². The molecule has 2 heterocycles. The van der Waals surface area contributed by atoms with Crippen molar-refractivity contribution in [3.8, 4) is 17.2 Å². The standard InChI is InChI=1S/C25H27N3O4/c1-4-31-19-12-13-22(32-5-2)21(15-19)27-24-23-20(7-6-14-26-23)25(29)28(24)16-17-8-10-18(30-3)11-9-17/h6-15,24,27H,4-5,16H2,1-3H3. The van der Waals surface area contributed by atoms with Gasteiger partial charge >= 0.3 is 0 Å². The maximum Gasteiger partial charge on any atom is 0.258 e. The van der Waals surface area contributed by atoms with Gasteiger partial charge in [-0.25, -0.2) is 0 Å². The molecule has 32 heavy (non-hydrogen) atoms. The third kappa shape index (κ3) is 4.32. The molecule has 1 aliphatic rings. The van der Waals surface area contributed by atoms with Crippen molar-refractivity contribution in [1.82, 2.24) is 9.88 Å². The van der Waals surface area contributed by atoms with Crippen LogP contribution in [0, 0.1) is 0 Å². The van der Waals surface area contributed by atoms with Gasteiger partial charge in [-0.3, -0.25) is 9.78 Å². The summed E-state index contributed by atoms with van der Waals surface area (Å²) in [6.07, 6.45) is 1.26. The van der Waals surface area contributed by atoms with Gasteiger partial charge in [-0.1, -0.05) is 12.1 Å². The van der Waals surface area contributed by atoms with Gasteiger partial charge in [-0.2, -0.15) is 0 Å². The van der Waals surface area contributed by atoms with E-state index in [0.29, 0.717) is 36.8 Å². The largest absolute Gasteiger partial charge is 0.497 e. The van der Waals surface area contributed by atoms with Crippen LogP contribution in [0.3, 0.4) is 0 Å². The molecule has 0 saturated carbocycles. The highest BCUT2D eigenvalue weighted by Crippen LogP contribution is 2.38. The highest BCUT2D eigenvalue weighted by molar-refractivity contribution is 5.99. The summed E-state index contributed by atoms with van der Waals surface area (Å²) in [5.74, 6) is 2.12. The molecule has 0 radical (unpaired) electrons. The molecular formula is C25H27N3O4. The molecule has 1 amide bonds. The van der Waals surface area contributed by atoms with Crippen LogP contribution in [0.1, 0.15) is 41.6 Å². The van der Waals surface area contributed by atoms with Crippen molar-refractivity contribution in [1.29, 1.82) is 0 Å². The van der Waals surface area contributed by atoms with Crippen LogP contribution >= 0.6 is 0 Å². The van der Waals surface area contributed by atoms with Gasteiger partial charge < -0.3 is 24.4 Å². The first-order valence-corrected chi connectivity index (χ1v) is 10.7. The number of carbonyl (C=O) groups is 1. The number of nitrogens with one attached hydrogen (secondary N) is 1. The molecule has 0 fully saturated rings. The second-order valence-corrected chi connectivity index (χ2v) is 7.29. The van der Waals surface area contributed by atoms with Crippen molar-refractivity contribution in [2.45, 2.75) is 26.6 Å². The van der Waals surface area contributed by atoms with Crippen LogP contribution in [0.15, 0.2) is 60.8 Å². The minimum absolute atomic E-state index is 0.0691. The Hall–Kier alpha value is -3.74. The van der Waals surface area contributed by atoms with Crippen molar-refractivity contribution in [3.05, 3.63) is 77.6 Å².